The zero-order valence-electron chi connectivity index (χ0n) is 9.86. The summed E-state index contributed by atoms with van der Waals surface area (Å²) in [6.07, 6.45) is 1.27. The maximum atomic E-state index is 2.35. The molecule has 0 saturated carbocycles. The summed E-state index contributed by atoms with van der Waals surface area (Å²) in [5.41, 5.74) is 0.379. The van der Waals surface area contributed by atoms with Gasteiger partial charge in [0.05, 0.1) is 0 Å². The van der Waals surface area contributed by atoms with Crippen LogP contribution in [0.5, 0.6) is 0 Å². The van der Waals surface area contributed by atoms with Crippen molar-refractivity contribution in [3.8, 4) is 0 Å². The molecule has 73 valence electrons. The second-order valence-electron chi connectivity index (χ2n) is 5.17. The Kier molecular flexibility index (Phi) is 4.30. The van der Waals surface area contributed by atoms with Crippen molar-refractivity contribution in [1.82, 2.24) is 0 Å². The minimum absolute atomic E-state index is 0.379. The lowest BCUT2D eigenvalue weighted by Crippen LogP contribution is -2.28. The van der Waals surface area contributed by atoms with Crippen molar-refractivity contribution in [2.24, 2.45) is 17.3 Å². The minimum Gasteiger partial charge on any atom is -0.0651 e. The van der Waals surface area contributed by atoms with Crippen LogP contribution in [0.25, 0.3) is 0 Å². The van der Waals surface area contributed by atoms with Crippen LogP contribution in [0.15, 0.2) is 0 Å². The quantitative estimate of drug-likeness (QED) is 0.590. The molecule has 0 heteroatoms. The van der Waals surface area contributed by atoms with Gasteiger partial charge in [0.2, 0.25) is 0 Å². The lowest BCUT2D eigenvalue weighted by molar-refractivity contribution is 0.289. The van der Waals surface area contributed by atoms with E-state index in [-0.39, 0.29) is 0 Å². The second kappa shape index (κ2) is 4.30. The SMILES string of the molecule is CCC(C)[C](C(C)C)C(C)(C)C. The number of hydrogen-bond donors (Lipinski definition) is 0. The molecule has 0 N–H and O–H groups in total. The molecule has 0 aromatic rings. The van der Waals surface area contributed by atoms with Gasteiger partial charge in [0, 0.05) is 0 Å². The summed E-state index contributed by atoms with van der Waals surface area (Å²) < 4.78 is 0. The van der Waals surface area contributed by atoms with Gasteiger partial charge in [0.25, 0.3) is 0 Å². The van der Waals surface area contributed by atoms with Crippen molar-refractivity contribution in [3.63, 3.8) is 0 Å². The van der Waals surface area contributed by atoms with Crippen molar-refractivity contribution in [2.45, 2.75) is 54.9 Å². The van der Waals surface area contributed by atoms with E-state index in [1.807, 2.05) is 0 Å². The maximum Gasteiger partial charge on any atom is -0.0134 e. The van der Waals surface area contributed by atoms with Crippen LogP contribution < -0.4 is 0 Å². The molecule has 0 bridgehead atoms. The Morgan fingerprint density at radius 1 is 1.08 bits per heavy atom. The highest BCUT2D eigenvalue weighted by Crippen LogP contribution is 2.40. The van der Waals surface area contributed by atoms with E-state index >= 15 is 0 Å². The third kappa shape index (κ3) is 3.16. The molecule has 0 aliphatic carbocycles. The van der Waals surface area contributed by atoms with Crippen molar-refractivity contribution in [1.29, 1.82) is 0 Å². The van der Waals surface area contributed by atoms with Gasteiger partial charge in [-0.15, -0.1) is 0 Å². The highest BCUT2D eigenvalue weighted by molar-refractivity contribution is 5.06. The Bertz CT molecular complexity index is 116. The molecule has 0 saturated heterocycles. The van der Waals surface area contributed by atoms with Crippen molar-refractivity contribution in [2.75, 3.05) is 0 Å². The molecule has 0 heterocycles. The highest BCUT2D eigenvalue weighted by atomic mass is 14.4. The van der Waals surface area contributed by atoms with Gasteiger partial charge in [-0.1, -0.05) is 54.9 Å². The molecule has 1 radical (unpaired) electrons. The average Bonchev–Trinajstić information content (AvgIpc) is 1.83. The summed E-state index contributed by atoms with van der Waals surface area (Å²) in [6.45, 7) is 16.2. The van der Waals surface area contributed by atoms with Crippen LogP contribution in [-0.2, 0) is 0 Å². The first-order chi connectivity index (χ1) is 5.30. The van der Waals surface area contributed by atoms with E-state index in [2.05, 4.69) is 48.5 Å². The third-order valence-electron chi connectivity index (χ3n) is 2.63. The minimum atomic E-state index is 0.379. The van der Waals surface area contributed by atoms with E-state index in [9.17, 15) is 0 Å². The van der Waals surface area contributed by atoms with Gasteiger partial charge in [-0.3, -0.25) is 0 Å². The zero-order chi connectivity index (χ0) is 9.94. The predicted molar refractivity (Wildman–Crippen MR) is 57.0 cm³/mol. The third-order valence-corrected chi connectivity index (χ3v) is 2.63. The number of rotatable bonds is 3. The van der Waals surface area contributed by atoms with Crippen LogP contribution in [0.3, 0.4) is 0 Å². The summed E-state index contributed by atoms with van der Waals surface area (Å²) >= 11 is 0. The molecule has 0 rings (SSSR count). The fourth-order valence-electron chi connectivity index (χ4n) is 2.39. The van der Waals surface area contributed by atoms with Crippen LogP contribution in [0, 0.1) is 23.2 Å². The summed E-state index contributed by atoms with van der Waals surface area (Å²) in [6, 6.07) is 0. The van der Waals surface area contributed by atoms with Crippen molar-refractivity contribution >= 4 is 0 Å². The van der Waals surface area contributed by atoms with Gasteiger partial charge >= 0.3 is 0 Å². The van der Waals surface area contributed by atoms with Crippen LogP contribution in [0.2, 0.25) is 0 Å². The first-order valence-corrected chi connectivity index (χ1v) is 5.17. The van der Waals surface area contributed by atoms with E-state index < -0.39 is 0 Å². The van der Waals surface area contributed by atoms with Crippen LogP contribution >= 0.6 is 0 Å². The van der Waals surface area contributed by atoms with Gasteiger partial charge < -0.3 is 0 Å². The largest absolute Gasteiger partial charge is 0.0651 e. The molecular weight excluding hydrogens is 144 g/mol. The summed E-state index contributed by atoms with van der Waals surface area (Å²) in [4.78, 5) is 0. The van der Waals surface area contributed by atoms with E-state index in [0.717, 1.165) is 11.8 Å². The molecule has 0 aliphatic heterocycles. The fraction of sp³-hybridized carbons (Fsp3) is 0.917. The monoisotopic (exact) mass is 169 g/mol. The van der Waals surface area contributed by atoms with E-state index in [4.69, 9.17) is 0 Å². The van der Waals surface area contributed by atoms with Gasteiger partial charge in [-0.25, -0.2) is 0 Å². The zero-order valence-corrected chi connectivity index (χ0v) is 9.86. The summed E-state index contributed by atoms with van der Waals surface area (Å²) in [7, 11) is 0. The Morgan fingerprint density at radius 2 is 1.50 bits per heavy atom. The Balaban J connectivity index is 4.44. The summed E-state index contributed by atoms with van der Waals surface area (Å²) in [5, 5.41) is 0. The molecular formula is C12H25. The van der Waals surface area contributed by atoms with Crippen LogP contribution in [0.4, 0.5) is 0 Å². The Hall–Kier alpha value is 0. The molecule has 1 atom stereocenters. The van der Waals surface area contributed by atoms with Gasteiger partial charge in [-0.05, 0) is 23.2 Å². The Morgan fingerprint density at radius 3 is 1.58 bits per heavy atom. The summed E-state index contributed by atoms with van der Waals surface area (Å²) in [5.74, 6) is 3.20. The fourth-order valence-corrected chi connectivity index (χ4v) is 2.39. The van der Waals surface area contributed by atoms with Gasteiger partial charge in [0.1, 0.15) is 0 Å². The van der Waals surface area contributed by atoms with E-state index in [1.54, 1.807) is 5.92 Å². The predicted octanol–water partition coefficient (Wildman–Crippen LogP) is 4.31. The van der Waals surface area contributed by atoms with E-state index in [1.165, 1.54) is 6.42 Å². The van der Waals surface area contributed by atoms with Crippen LogP contribution in [-0.4, -0.2) is 0 Å². The first-order valence-electron chi connectivity index (χ1n) is 5.17. The number of hydrogen-bond acceptors (Lipinski definition) is 0. The highest BCUT2D eigenvalue weighted by Gasteiger charge is 2.31. The lowest BCUT2D eigenvalue weighted by atomic mass is 9.67. The molecule has 0 nitrogen and oxygen atoms in total. The topological polar surface area (TPSA) is 0 Å². The maximum absolute atomic E-state index is 2.35. The molecule has 0 fully saturated rings. The first kappa shape index (κ1) is 12.0. The molecule has 0 spiro atoms. The molecule has 0 aliphatic rings. The molecule has 1 unspecified atom stereocenters. The van der Waals surface area contributed by atoms with Crippen molar-refractivity contribution < 1.29 is 0 Å². The smallest absolute Gasteiger partial charge is 0.0134 e. The average molecular weight is 169 g/mol. The normalized spacial score (nSPS) is 15.8. The molecule has 0 aromatic heterocycles. The van der Waals surface area contributed by atoms with Gasteiger partial charge in [-0.2, -0.15) is 0 Å². The molecule has 0 aromatic carbocycles. The standard InChI is InChI=1S/C12H25/c1-8-10(4)11(9(2)3)12(5,6)7/h9-10H,8H2,1-7H3. The lowest BCUT2D eigenvalue weighted by Gasteiger charge is -2.37. The molecule has 0 amide bonds. The van der Waals surface area contributed by atoms with E-state index in [0.29, 0.717) is 5.41 Å². The second-order valence-corrected chi connectivity index (χ2v) is 5.17. The Labute approximate surface area is 78.8 Å². The molecule has 12 heavy (non-hydrogen) atoms. The van der Waals surface area contributed by atoms with Crippen molar-refractivity contribution in [3.05, 3.63) is 5.92 Å². The van der Waals surface area contributed by atoms with Crippen LogP contribution in [0.1, 0.15) is 54.9 Å². The van der Waals surface area contributed by atoms with Gasteiger partial charge in [0.15, 0.2) is 0 Å².